The Labute approximate surface area is 132 Å². The smallest absolute Gasteiger partial charge is 0.242 e. The van der Waals surface area contributed by atoms with Crippen LogP contribution in [0.25, 0.3) is 0 Å². The molecule has 0 aromatic heterocycles. The molecule has 1 spiro atoms. The predicted molar refractivity (Wildman–Crippen MR) is 83.3 cm³/mol. The average molecular weight is 312 g/mol. The maximum atomic E-state index is 12.3. The number of nitrogens with one attached hydrogen (secondary N) is 1. The lowest BCUT2D eigenvalue weighted by Gasteiger charge is -2.45. The summed E-state index contributed by atoms with van der Waals surface area (Å²) in [5.41, 5.74) is -0.350. The van der Waals surface area contributed by atoms with Crippen LogP contribution in [0, 0.1) is 0 Å². The molecular weight excluding hydrogens is 284 g/mol. The highest BCUT2D eigenvalue weighted by Gasteiger charge is 2.55. The van der Waals surface area contributed by atoms with E-state index in [9.17, 15) is 14.7 Å². The molecule has 0 saturated carbocycles. The van der Waals surface area contributed by atoms with Crippen molar-refractivity contribution in [2.24, 2.45) is 0 Å². The summed E-state index contributed by atoms with van der Waals surface area (Å²) in [5, 5.41) is 12.8. The normalized spacial score (nSPS) is 31.0. The summed E-state index contributed by atoms with van der Waals surface area (Å²) in [6.45, 7) is 3.00. The highest BCUT2D eigenvalue weighted by atomic mass is 16.3. The zero-order valence-electron chi connectivity index (χ0n) is 14.2. The minimum absolute atomic E-state index is 0.103. The summed E-state index contributed by atoms with van der Waals surface area (Å²) in [6.07, 6.45) is 1.04. The molecule has 0 aromatic rings. The first-order valence-corrected chi connectivity index (χ1v) is 7.81. The Bertz CT molecular complexity index is 454. The highest BCUT2D eigenvalue weighted by molar-refractivity contribution is 5.93. The number of likely N-dealkylation sites (N-methyl/N-ethyl adjacent to an activating group) is 3. The molecular formula is C15H28N4O3. The Balaban J connectivity index is 2.03. The molecule has 2 saturated heterocycles. The summed E-state index contributed by atoms with van der Waals surface area (Å²) in [5.74, 6) is 0.00541. The van der Waals surface area contributed by atoms with E-state index < -0.39 is 12.1 Å². The van der Waals surface area contributed by atoms with Crippen LogP contribution in [0.4, 0.5) is 0 Å². The Hall–Kier alpha value is -1.18. The molecule has 2 rings (SSSR count). The van der Waals surface area contributed by atoms with Crippen LogP contribution in [0.15, 0.2) is 0 Å². The van der Waals surface area contributed by atoms with Gasteiger partial charge in [0.1, 0.15) is 11.6 Å². The number of carbonyl (C=O) groups excluding carboxylic acids is 2. The van der Waals surface area contributed by atoms with Gasteiger partial charge in [-0.3, -0.25) is 19.4 Å². The van der Waals surface area contributed by atoms with Gasteiger partial charge in [0.15, 0.2) is 0 Å². The third-order valence-corrected chi connectivity index (χ3v) is 5.20. The third kappa shape index (κ3) is 2.73. The fourth-order valence-corrected chi connectivity index (χ4v) is 3.66. The predicted octanol–water partition coefficient (Wildman–Crippen LogP) is -1.28. The van der Waals surface area contributed by atoms with Gasteiger partial charge in [0.25, 0.3) is 0 Å². The van der Waals surface area contributed by atoms with E-state index in [1.54, 1.807) is 21.0 Å². The van der Waals surface area contributed by atoms with Crippen LogP contribution in [0.5, 0.6) is 0 Å². The summed E-state index contributed by atoms with van der Waals surface area (Å²) in [4.78, 5) is 29.7. The van der Waals surface area contributed by atoms with E-state index in [0.29, 0.717) is 13.1 Å². The number of aliphatic hydroxyl groups excluding tert-OH is 1. The number of nitrogens with zero attached hydrogens (tertiary/aromatic N) is 3. The van der Waals surface area contributed by atoms with Crippen molar-refractivity contribution in [3.8, 4) is 0 Å². The Morgan fingerprint density at radius 3 is 2.50 bits per heavy atom. The zero-order chi connectivity index (χ0) is 16.7. The van der Waals surface area contributed by atoms with Crippen LogP contribution < -0.4 is 5.32 Å². The molecule has 0 bridgehead atoms. The number of hydrogen-bond acceptors (Lipinski definition) is 5. The lowest BCUT2D eigenvalue weighted by Crippen LogP contribution is -2.71. The fraction of sp³-hybridized carbons (Fsp3) is 0.867. The second-order valence-corrected chi connectivity index (χ2v) is 6.88. The van der Waals surface area contributed by atoms with E-state index >= 15 is 0 Å². The maximum Gasteiger partial charge on any atom is 0.242 e. The SMILES string of the molecule is C[C@@H](O)[C@@H](C(=O)N(C)C)N(C)CC1CCC2(CNC2=O)N1C. The van der Waals surface area contributed by atoms with E-state index in [0.717, 1.165) is 12.8 Å². The van der Waals surface area contributed by atoms with Crippen LogP contribution in [-0.4, -0.2) is 96.6 Å². The van der Waals surface area contributed by atoms with Gasteiger partial charge in [0.2, 0.25) is 11.8 Å². The Morgan fingerprint density at radius 1 is 1.50 bits per heavy atom. The van der Waals surface area contributed by atoms with E-state index in [1.165, 1.54) is 4.90 Å². The molecule has 2 unspecified atom stereocenters. The molecule has 2 aliphatic rings. The van der Waals surface area contributed by atoms with Gasteiger partial charge in [-0.2, -0.15) is 0 Å². The summed E-state index contributed by atoms with van der Waals surface area (Å²) >= 11 is 0. The molecule has 4 atom stereocenters. The van der Waals surface area contributed by atoms with Crippen molar-refractivity contribution >= 4 is 11.8 Å². The highest BCUT2D eigenvalue weighted by Crippen LogP contribution is 2.36. The number of aliphatic hydroxyl groups is 1. The van der Waals surface area contributed by atoms with Crippen LogP contribution in [0.1, 0.15) is 19.8 Å². The first kappa shape index (κ1) is 17.2. The van der Waals surface area contributed by atoms with Crippen molar-refractivity contribution in [2.75, 3.05) is 41.3 Å². The molecule has 2 fully saturated rings. The monoisotopic (exact) mass is 312 g/mol. The average Bonchev–Trinajstić information content (AvgIpc) is 2.76. The molecule has 2 aliphatic heterocycles. The van der Waals surface area contributed by atoms with Gasteiger partial charge >= 0.3 is 0 Å². The van der Waals surface area contributed by atoms with Crippen molar-refractivity contribution in [1.82, 2.24) is 20.0 Å². The molecule has 2 heterocycles. The lowest BCUT2D eigenvalue weighted by atomic mass is 9.89. The van der Waals surface area contributed by atoms with Crippen molar-refractivity contribution < 1.29 is 14.7 Å². The molecule has 0 aromatic carbocycles. The molecule has 126 valence electrons. The van der Waals surface area contributed by atoms with Gasteiger partial charge in [-0.15, -0.1) is 0 Å². The number of β-lactam (4-membered cyclic amide) rings is 1. The van der Waals surface area contributed by atoms with E-state index in [4.69, 9.17) is 0 Å². The second-order valence-electron chi connectivity index (χ2n) is 6.88. The van der Waals surface area contributed by atoms with Crippen molar-refractivity contribution in [3.63, 3.8) is 0 Å². The lowest BCUT2D eigenvalue weighted by molar-refractivity contribution is -0.142. The number of hydrogen-bond donors (Lipinski definition) is 2. The summed E-state index contributed by atoms with van der Waals surface area (Å²) in [7, 11) is 7.23. The Morgan fingerprint density at radius 2 is 2.14 bits per heavy atom. The van der Waals surface area contributed by atoms with Gasteiger partial charge in [0.05, 0.1) is 6.10 Å². The molecule has 2 N–H and O–H groups in total. The van der Waals surface area contributed by atoms with Gasteiger partial charge in [-0.05, 0) is 33.9 Å². The molecule has 7 nitrogen and oxygen atoms in total. The first-order chi connectivity index (χ1) is 10.2. The summed E-state index contributed by atoms with van der Waals surface area (Å²) < 4.78 is 0. The number of amides is 2. The molecule has 0 aliphatic carbocycles. The Kier molecular flexibility index (Phi) is 4.79. The van der Waals surface area contributed by atoms with Gasteiger partial charge < -0.3 is 15.3 Å². The van der Waals surface area contributed by atoms with Crippen molar-refractivity contribution in [2.45, 2.75) is 43.5 Å². The van der Waals surface area contributed by atoms with Crippen LogP contribution in [0.2, 0.25) is 0 Å². The first-order valence-electron chi connectivity index (χ1n) is 7.81. The molecule has 22 heavy (non-hydrogen) atoms. The van der Waals surface area contributed by atoms with Crippen LogP contribution >= 0.6 is 0 Å². The maximum absolute atomic E-state index is 12.3. The molecule has 0 radical (unpaired) electrons. The van der Waals surface area contributed by atoms with Crippen LogP contribution in [0.3, 0.4) is 0 Å². The largest absolute Gasteiger partial charge is 0.391 e. The minimum atomic E-state index is -0.743. The quantitative estimate of drug-likeness (QED) is 0.619. The zero-order valence-corrected chi connectivity index (χ0v) is 14.2. The third-order valence-electron chi connectivity index (χ3n) is 5.20. The number of carbonyl (C=O) groups is 2. The van der Waals surface area contributed by atoms with Gasteiger partial charge in [-0.1, -0.05) is 0 Å². The van der Waals surface area contributed by atoms with Crippen molar-refractivity contribution in [1.29, 1.82) is 0 Å². The fourth-order valence-electron chi connectivity index (χ4n) is 3.66. The molecule has 2 amide bonds. The van der Waals surface area contributed by atoms with E-state index in [1.807, 2.05) is 19.0 Å². The second kappa shape index (κ2) is 6.14. The standard InChI is InChI=1S/C15H28N4O3/c1-10(20)12(13(21)17(2)3)18(4)8-11-6-7-15(19(11)5)9-16-14(15)22/h10-12,20H,6-9H2,1-5H3,(H,16,22)/t10-,11?,12+,15?/m1/s1. The number of rotatable bonds is 5. The van der Waals surface area contributed by atoms with Crippen molar-refractivity contribution in [3.05, 3.63) is 0 Å². The van der Waals surface area contributed by atoms with Gasteiger partial charge in [-0.25, -0.2) is 0 Å². The van der Waals surface area contributed by atoms with E-state index in [-0.39, 0.29) is 23.4 Å². The summed E-state index contributed by atoms with van der Waals surface area (Å²) in [6, 6.07) is -0.345. The van der Waals surface area contributed by atoms with Crippen LogP contribution in [-0.2, 0) is 9.59 Å². The molecule has 7 heteroatoms. The topological polar surface area (TPSA) is 76.1 Å². The number of likely N-dealkylation sites (tertiary alicyclic amines) is 1. The van der Waals surface area contributed by atoms with E-state index in [2.05, 4.69) is 10.2 Å². The minimum Gasteiger partial charge on any atom is -0.391 e. The van der Waals surface area contributed by atoms with Gasteiger partial charge in [0, 0.05) is 33.2 Å².